The highest BCUT2D eigenvalue weighted by molar-refractivity contribution is 5.81. The molecule has 2 unspecified atom stereocenters. The second-order valence-corrected chi connectivity index (χ2v) is 7.03. The molecule has 0 radical (unpaired) electrons. The zero-order valence-electron chi connectivity index (χ0n) is 14.9. The summed E-state index contributed by atoms with van der Waals surface area (Å²) in [5, 5.41) is 5.98. The molecule has 134 valence electrons. The molecule has 0 saturated carbocycles. The minimum atomic E-state index is -0.131. The first-order valence-electron chi connectivity index (χ1n) is 8.74. The number of carbonyl (C=O) groups excluding carboxylic acids is 2. The summed E-state index contributed by atoms with van der Waals surface area (Å²) in [4.78, 5) is 30.4. The lowest BCUT2D eigenvalue weighted by atomic mass is 9.97. The second kappa shape index (κ2) is 8.70. The van der Waals surface area contributed by atoms with Gasteiger partial charge in [-0.15, -0.1) is 0 Å². The Hall–Kier alpha value is -2.05. The fourth-order valence-corrected chi connectivity index (χ4v) is 2.90. The summed E-state index contributed by atoms with van der Waals surface area (Å²) in [6, 6.07) is -0.0375. The number of nitrogens with one attached hydrogen (secondary N) is 2. The molecule has 0 spiro atoms. The van der Waals surface area contributed by atoms with Crippen molar-refractivity contribution in [2.75, 3.05) is 19.6 Å². The highest BCUT2D eigenvalue weighted by Crippen LogP contribution is 2.17. The molecule has 24 heavy (non-hydrogen) atoms. The summed E-state index contributed by atoms with van der Waals surface area (Å²) in [6.07, 6.45) is 7.04. The molecule has 1 saturated heterocycles. The first-order valence-corrected chi connectivity index (χ1v) is 8.74. The van der Waals surface area contributed by atoms with Crippen LogP contribution < -0.4 is 10.6 Å². The Balaban J connectivity index is 1.80. The Morgan fingerprint density at radius 3 is 2.79 bits per heavy atom. The number of carbonyl (C=O) groups is 2. The van der Waals surface area contributed by atoms with E-state index in [0.717, 1.165) is 19.4 Å². The summed E-state index contributed by atoms with van der Waals surface area (Å²) >= 11 is 0. The summed E-state index contributed by atoms with van der Waals surface area (Å²) < 4.78 is 1.94. The van der Waals surface area contributed by atoms with Gasteiger partial charge in [-0.1, -0.05) is 13.8 Å². The molecule has 0 aromatic carbocycles. The smallest absolute Gasteiger partial charge is 0.317 e. The van der Waals surface area contributed by atoms with Gasteiger partial charge in [0.2, 0.25) is 5.91 Å². The van der Waals surface area contributed by atoms with E-state index >= 15 is 0 Å². The monoisotopic (exact) mass is 335 g/mol. The minimum absolute atomic E-state index is 0.0249. The van der Waals surface area contributed by atoms with Gasteiger partial charge < -0.3 is 20.1 Å². The summed E-state index contributed by atoms with van der Waals surface area (Å²) in [7, 11) is 0. The number of urea groups is 1. The van der Waals surface area contributed by atoms with E-state index in [0.29, 0.717) is 25.6 Å². The third kappa shape index (κ3) is 5.54. The van der Waals surface area contributed by atoms with Crippen molar-refractivity contribution >= 4 is 11.9 Å². The molecule has 1 aromatic heterocycles. The molecular formula is C17H29N5O2. The van der Waals surface area contributed by atoms with Crippen molar-refractivity contribution in [3.05, 3.63) is 18.7 Å². The number of amides is 3. The summed E-state index contributed by atoms with van der Waals surface area (Å²) in [6.45, 7) is 8.67. The predicted octanol–water partition coefficient (Wildman–Crippen LogP) is 1.47. The number of rotatable bonds is 6. The average molecular weight is 335 g/mol. The van der Waals surface area contributed by atoms with Crippen LogP contribution >= 0.6 is 0 Å². The van der Waals surface area contributed by atoms with Crippen LogP contribution in [0.2, 0.25) is 0 Å². The molecule has 1 fully saturated rings. The van der Waals surface area contributed by atoms with Gasteiger partial charge in [0.15, 0.2) is 0 Å². The molecule has 2 rings (SSSR count). The van der Waals surface area contributed by atoms with E-state index < -0.39 is 0 Å². The van der Waals surface area contributed by atoms with E-state index in [-0.39, 0.29) is 23.9 Å². The molecule has 2 atom stereocenters. The average Bonchev–Trinajstić information content (AvgIpc) is 3.05. The van der Waals surface area contributed by atoms with E-state index in [2.05, 4.69) is 29.5 Å². The van der Waals surface area contributed by atoms with Crippen molar-refractivity contribution in [3.63, 3.8) is 0 Å². The van der Waals surface area contributed by atoms with Gasteiger partial charge in [0.05, 0.1) is 12.2 Å². The molecule has 7 heteroatoms. The van der Waals surface area contributed by atoms with Gasteiger partial charge in [-0.3, -0.25) is 4.79 Å². The quantitative estimate of drug-likeness (QED) is 0.826. The molecule has 1 aromatic rings. The molecular weight excluding hydrogens is 306 g/mol. The second-order valence-electron chi connectivity index (χ2n) is 7.03. The number of nitrogens with zero attached hydrogens (tertiary/aromatic N) is 3. The Morgan fingerprint density at radius 2 is 2.12 bits per heavy atom. The summed E-state index contributed by atoms with van der Waals surface area (Å²) in [5.74, 6) is 0.319. The largest absolute Gasteiger partial charge is 0.352 e. The molecule has 1 aliphatic rings. The highest BCUT2D eigenvalue weighted by atomic mass is 16.2. The topological polar surface area (TPSA) is 79.3 Å². The Bertz CT molecular complexity index is 529. The van der Waals surface area contributed by atoms with Crippen LogP contribution in [-0.4, -0.2) is 52.1 Å². The maximum Gasteiger partial charge on any atom is 0.317 e. The molecule has 2 N–H and O–H groups in total. The van der Waals surface area contributed by atoms with Gasteiger partial charge in [0.25, 0.3) is 0 Å². The van der Waals surface area contributed by atoms with Crippen LogP contribution in [-0.2, 0) is 11.3 Å². The molecule has 0 aliphatic carbocycles. The minimum Gasteiger partial charge on any atom is -0.352 e. The van der Waals surface area contributed by atoms with E-state index in [9.17, 15) is 9.59 Å². The van der Waals surface area contributed by atoms with Gasteiger partial charge in [-0.2, -0.15) is 0 Å². The zero-order valence-corrected chi connectivity index (χ0v) is 14.9. The molecule has 3 amide bonds. The normalized spacial score (nSPS) is 19.2. The van der Waals surface area contributed by atoms with Crippen LogP contribution in [0.25, 0.3) is 0 Å². The number of imidazole rings is 1. The van der Waals surface area contributed by atoms with Gasteiger partial charge in [-0.25, -0.2) is 9.78 Å². The lowest BCUT2D eigenvalue weighted by molar-refractivity contribution is -0.127. The van der Waals surface area contributed by atoms with E-state index in [1.807, 2.05) is 17.7 Å². The number of piperidine rings is 1. The fraction of sp³-hybridized carbons (Fsp3) is 0.706. The first kappa shape index (κ1) is 18.3. The molecule has 0 bridgehead atoms. The van der Waals surface area contributed by atoms with Crippen LogP contribution in [0.3, 0.4) is 0 Å². The molecule has 7 nitrogen and oxygen atoms in total. The van der Waals surface area contributed by atoms with Gasteiger partial charge >= 0.3 is 6.03 Å². The third-order valence-corrected chi connectivity index (χ3v) is 4.17. The number of hydrogen-bond acceptors (Lipinski definition) is 3. The van der Waals surface area contributed by atoms with Crippen LogP contribution in [0, 0.1) is 11.8 Å². The lowest BCUT2D eigenvalue weighted by Gasteiger charge is -2.32. The number of aromatic nitrogens is 2. The SMILES string of the molecule is CC(C)CNC(=O)N1CCCC(C(=O)NC(C)Cn2ccnc2)C1. The standard InChI is InChI=1S/C17H29N5O2/c1-13(2)9-19-17(24)22-7-4-5-15(11-22)16(23)20-14(3)10-21-8-6-18-12-21/h6,8,12-15H,4-5,7,9-11H2,1-3H3,(H,19,24)(H,20,23). The van der Waals surface area contributed by atoms with Crippen molar-refractivity contribution in [3.8, 4) is 0 Å². The van der Waals surface area contributed by atoms with Crippen molar-refractivity contribution in [1.29, 1.82) is 0 Å². The van der Waals surface area contributed by atoms with E-state index in [1.165, 1.54) is 0 Å². The van der Waals surface area contributed by atoms with Crippen LogP contribution in [0.1, 0.15) is 33.6 Å². The van der Waals surface area contributed by atoms with Crippen LogP contribution in [0.5, 0.6) is 0 Å². The Morgan fingerprint density at radius 1 is 1.33 bits per heavy atom. The Labute approximate surface area is 143 Å². The first-order chi connectivity index (χ1) is 11.5. The maximum absolute atomic E-state index is 12.5. The van der Waals surface area contributed by atoms with Crippen LogP contribution in [0.15, 0.2) is 18.7 Å². The third-order valence-electron chi connectivity index (χ3n) is 4.17. The number of likely N-dealkylation sites (tertiary alicyclic amines) is 1. The fourth-order valence-electron chi connectivity index (χ4n) is 2.90. The van der Waals surface area contributed by atoms with Gasteiger partial charge in [0.1, 0.15) is 0 Å². The lowest BCUT2D eigenvalue weighted by Crippen LogP contribution is -2.50. The van der Waals surface area contributed by atoms with Crippen molar-refractivity contribution in [2.24, 2.45) is 11.8 Å². The zero-order chi connectivity index (χ0) is 17.5. The van der Waals surface area contributed by atoms with E-state index in [4.69, 9.17) is 0 Å². The van der Waals surface area contributed by atoms with Gasteiger partial charge in [0, 0.05) is 44.6 Å². The van der Waals surface area contributed by atoms with Crippen molar-refractivity contribution in [2.45, 2.75) is 46.2 Å². The van der Waals surface area contributed by atoms with Crippen LogP contribution in [0.4, 0.5) is 4.79 Å². The molecule has 1 aliphatic heterocycles. The number of hydrogen-bond donors (Lipinski definition) is 2. The van der Waals surface area contributed by atoms with Crippen molar-refractivity contribution < 1.29 is 9.59 Å². The predicted molar refractivity (Wildman–Crippen MR) is 92.4 cm³/mol. The summed E-state index contributed by atoms with van der Waals surface area (Å²) in [5.41, 5.74) is 0. The molecule has 2 heterocycles. The Kier molecular flexibility index (Phi) is 6.63. The maximum atomic E-state index is 12.5. The van der Waals surface area contributed by atoms with E-state index in [1.54, 1.807) is 17.4 Å². The highest BCUT2D eigenvalue weighted by Gasteiger charge is 2.28. The van der Waals surface area contributed by atoms with Crippen molar-refractivity contribution in [1.82, 2.24) is 25.1 Å². The van der Waals surface area contributed by atoms with Gasteiger partial charge in [-0.05, 0) is 25.7 Å².